The minimum atomic E-state index is -5.37. The van der Waals surface area contributed by atoms with Crippen LogP contribution in [0.25, 0.3) is 5.65 Å². The van der Waals surface area contributed by atoms with Crippen LogP contribution in [0.15, 0.2) is 24.4 Å². The molecule has 0 saturated carbocycles. The number of carbonyl (C=O) groups is 1. The van der Waals surface area contributed by atoms with Crippen LogP contribution in [0.1, 0.15) is 41.9 Å². The highest BCUT2D eigenvalue weighted by Gasteiger charge is 2.52. The number of alkyl halides is 3. The van der Waals surface area contributed by atoms with Crippen molar-refractivity contribution in [3.8, 4) is 0 Å². The Bertz CT molecular complexity index is 1020. The molecule has 0 N–H and O–H groups in total. The van der Waals surface area contributed by atoms with E-state index in [1.807, 2.05) is 12.1 Å². The molecule has 1 fully saturated rings. The molecule has 0 spiro atoms. The minimum absolute atomic E-state index is 0.146. The van der Waals surface area contributed by atoms with E-state index in [1.165, 1.54) is 6.20 Å². The van der Waals surface area contributed by atoms with Gasteiger partial charge in [0, 0.05) is 24.8 Å². The Balaban J connectivity index is 1.51. The molecular weight excluding hydrogens is 397 g/mol. The summed E-state index contributed by atoms with van der Waals surface area (Å²) in [5.74, 6) is -0.257. The number of pyridine rings is 1. The van der Waals surface area contributed by atoms with Crippen LogP contribution >= 0.6 is 0 Å². The van der Waals surface area contributed by atoms with E-state index in [4.69, 9.17) is 0 Å². The molecule has 2 aliphatic heterocycles. The largest absolute Gasteiger partial charge is 0.511 e. The quantitative estimate of drug-likeness (QED) is 0.767. The van der Waals surface area contributed by atoms with Crippen molar-refractivity contribution in [2.45, 2.75) is 43.8 Å². The van der Waals surface area contributed by atoms with Crippen molar-refractivity contribution < 1.29 is 26.4 Å². The average molecular weight is 416 g/mol. The third-order valence-electron chi connectivity index (χ3n) is 5.38. The van der Waals surface area contributed by atoms with E-state index in [9.17, 15) is 26.4 Å². The average Bonchev–Trinajstić information content (AvgIpc) is 3.08. The molecule has 11 heteroatoms. The molecule has 7 nitrogen and oxygen atoms in total. The van der Waals surface area contributed by atoms with Gasteiger partial charge >= 0.3 is 15.5 Å². The Morgan fingerprint density at radius 3 is 2.75 bits per heavy atom. The standard InChI is InChI=1S/C17H19F3N4O3S/c18-17(19,20)28(26,27)23-8-2-1-4-12(23)7-9-22-11-13-5-3-6-15-21-10-14(16(22)25)24(13)15/h3,5-6,10,12H,1-2,4,7-9,11H2. The van der Waals surface area contributed by atoms with Crippen LogP contribution in [0, 0.1) is 0 Å². The molecule has 2 aromatic rings. The number of amides is 1. The molecule has 4 heterocycles. The van der Waals surface area contributed by atoms with E-state index in [0.29, 0.717) is 41.5 Å². The summed E-state index contributed by atoms with van der Waals surface area (Å²) in [7, 11) is -5.37. The van der Waals surface area contributed by atoms with Crippen molar-refractivity contribution in [2.24, 2.45) is 0 Å². The van der Waals surface area contributed by atoms with E-state index in [-0.39, 0.29) is 25.4 Å². The molecule has 2 aromatic heterocycles. The fourth-order valence-corrected chi connectivity index (χ4v) is 5.25. The van der Waals surface area contributed by atoms with Gasteiger partial charge in [0.05, 0.1) is 12.7 Å². The van der Waals surface area contributed by atoms with E-state index in [1.54, 1.807) is 15.4 Å². The minimum Gasteiger partial charge on any atom is -0.331 e. The van der Waals surface area contributed by atoms with Crippen LogP contribution < -0.4 is 0 Å². The number of hydrogen-bond acceptors (Lipinski definition) is 4. The molecule has 1 amide bonds. The SMILES string of the molecule is O=C1c2cnc3cccc(n23)CN1CCC1CCCCN1S(=O)(=O)C(F)(F)F. The Morgan fingerprint density at radius 1 is 1.21 bits per heavy atom. The molecule has 0 bridgehead atoms. The van der Waals surface area contributed by atoms with Crippen molar-refractivity contribution >= 4 is 21.6 Å². The molecule has 0 aromatic carbocycles. The molecule has 152 valence electrons. The van der Waals surface area contributed by atoms with Crippen molar-refractivity contribution in [3.63, 3.8) is 0 Å². The summed E-state index contributed by atoms with van der Waals surface area (Å²) < 4.78 is 65.1. The summed E-state index contributed by atoms with van der Waals surface area (Å²) >= 11 is 0. The molecule has 1 unspecified atom stereocenters. The molecule has 28 heavy (non-hydrogen) atoms. The van der Waals surface area contributed by atoms with E-state index in [0.717, 1.165) is 5.69 Å². The van der Waals surface area contributed by atoms with Crippen molar-refractivity contribution in [1.82, 2.24) is 18.6 Å². The maximum absolute atomic E-state index is 13.0. The first-order chi connectivity index (χ1) is 13.2. The first kappa shape index (κ1) is 19.2. The maximum Gasteiger partial charge on any atom is 0.511 e. The van der Waals surface area contributed by atoms with E-state index < -0.39 is 21.6 Å². The van der Waals surface area contributed by atoms with Gasteiger partial charge in [0.2, 0.25) is 0 Å². The number of nitrogens with zero attached hydrogens (tertiary/aromatic N) is 4. The number of piperidine rings is 1. The second kappa shape index (κ2) is 6.73. The number of carbonyl (C=O) groups excluding carboxylic acids is 1. The fraction of sp³-hybridized carbons (Fsp3) is 0.529. The molecule has 1 atom stereocenters. The second-order valence-corrected chi connectivity index (χ2v) is 8.96. The number of rotatable bonds is 4. The van der Waals surface area contributed by atoms with Gasteiger partial charge in [0.1, 0.15) is 11.3 Å². The van der Waals surface area contributed by atoms with Gasteiger partial charge < -0.3 is 4.90 Å². The Hall–Kier alpha value is -2.14. The summed E-state index contributed by atoms with van der Waals surface area (Å²) in [4.78, 5) is 18.5. The highest BCUT2D eigenvalue weighted by atomic mass is 32.2. The number of sulfonamides is 1. The van der Waals surface area contributed by atoms with Gasteiger partial charge in [-0.3, -0.25) is 9.20 Å². The first-order valence-corrected chi connectivity index (χ1v) is 10.5. The summed E-state index contributed by atoms with van der Waals surface area (Å²) in [6.45, 7) is 0.333. The summed E-state index contributed by atoms with van der Waals surface area (Å²) in [6, 6.07) is 4.71. The zero-order valence-electron chi connectivity index (χ0n) is 14.9. The predicted octanol–water partition coefficient (Wildman–Crippen LogP) is 2.38. The number of aromatic nitrogens is 2. The van der Waals surface area contributed by atoms with Gasteiger partial charge in [-0.15, -0.1) is 0 Å². The van der Waals surface area contributed by atoms with Crippen molar-refractivity contribution in [3.05, 3.63) is 35.8 Å². The lowest BCUT2D eigenvalue weighted by molar-refractivity contribution is -0.0510. The van der Waals surface area contributed by atoms with Crippen LogP contribution in [-0.2, 0) is 16.6 Å². The van der Waals surface area contributed by atoms with Crippen LogP contribution in [0.3, 0.4) is 0 Å². The number of imidazole rings is 1. The summed E-state index contributed by atoms with van der Waals surface area (Å²) in [5.41, 5.74) is -3.39. The lowest BCUT2D eigenvalue weighted by atomic mass is 10.0. The van der Waals surface area contributed by atoms with Gasteiger partial charge in [-0.2, -0.15) is 17.5 Å². The van der Waals surface area contributed by atoms with Gasteiger partial charge in [0.25, 0.3) is 5.91 Å². The highest BCUT2D eigenvalue weighted by Crippen LogP contribution is 2.33. The van der Waals surface area contributed by atoms with Crippen molar-refractivity contribution in [2.75, 3.05) is 13.1 Å². The van der Waals surface area contributed by atoms with Gasteiger partial charge in [-0.1, -0.05) is 12.5 Å². The van der Waals surface area contributed by atoms with Crippen LogP contribution in [-0.4, -0.2) is 57.6 Å². The maximum atomic E-state index is 13.0. The lowest BCUT2D eigenvalue weighted by Gasteiger charge is -2.36. The fourth-order valence-electron chi connectivity index (χ4n) is 4.01. The normalized spacial score (nSPS) is 21.5. The third-order valence-corrected chi connectivity index (χ3v) is 7.06. The predicted molar refractivity (Wildman–Crippen MR) is 93.9 cm³/mol. The van der Waals surface area contributed by atoms with Gasteiger partial charge in [-0.05, 0) is 31.4 Å². The first-order valence-electron chi connectivity index (χ1n) is 9.03. The number of halogens is 3. The Kier molecular flexibility index (Phi) is 4.61. The monoisotopic (exact) mass is 416 g/mol. The zero-order chi connectivity index (χ0) is 20.1. The van der Waals surface area contributed by atoms with Crippen LogP contribution in [0.4, 0.5) is 13.2 Å². The third kappa shape index (κ3) is 3.06. The molecule has 0 aliphatic carbocycles. The topological polar surface area (TPSA) is 75.0 Å². The molecular formula is C17H19F3N4O3S. The number of hydrogen-bond donors (Lipinski definition) is 0. The van der Waals surface area contributed by atoms with Crippen molar-refractivity contribution in [1.29, 1.82) is 0 Å². The Labute approximate surface area is 159 Å². The molecule has 0 radical (unpaired) electrons. The highest BCUT2D eigenvalue weighted by molar-refractivity contribution is 7.90. The molecule has 2 aliphatic rings. The Morgan fingerprint density at radius 2 is 2.00 bits per heavy atom. The van der Waals surface area contributed by atoms with E-state index >= 15 is 0 Å². The van der Waals surface area contributed by atoms with Gasteiger partial charge in [-0.25, -0.2) is 13.4 Å². The molecule has 1 saturated heterocycles. The van der Waals surface area contributed by atoms with Gasteiger partial charge in [0.15, 0.2) is 0 Å². The smallest absolute Gasteiger partial charge is 0.331 e. The lowest BCUT2D eigenvalue weighted by Crippen LogP contribution is -2.50. The zero-order valence-corrected chi connectivity index (χ0v) is 15.7. The van der Waals surface area contributed by atoms with E-state index in [2.05, 4.69) is 4.98 Å². The van der Waals surface area contributed by atoms with Crippen LogP contribution in [0.2, 0.25) is 0 Å². The second-order valence-electron chi connectivity index (χ2n) is 7.08. The molecule has 4 rings (SSSR count). The van der Waals surface area contributed by atoms with Crippen LogP contribution in [0.5, 0.6) is 0 Å². The summed E-state index contributed by atoms with van der Waals surface area (Å²) in [6.07, 6.45) is 3.05. The summed E-state index contributed by atoms with van der Waals surface area (Å²) in [5, 5.41) is 0.